The number of benzene rings is 2. The molecular weight excluding hydrogens is 324 g/mol. The van der Waals surface area contributed by atoms with Gasteiger partial charge in [-0.2, -0.15) is 0 Å². The maximum atomic E-state index is 12.2. The zero-order valence-corrected chi connectivity index (χ0v) is 14.8. The zero-order chi connectivity index (χ0) is 18.2. The average Bonchev–Trinajstić information content (AvgIpc) is 2.68. The van der Waals surface area contributed by atoms with E-state index in [0.29, 0.717) is 11.5 Å². The van der Waals surface area contributed by atoms with E-state index in [-0.39, 0.29) is 5.91 Å². The number of nitrogens with zero attached hydrogens (tertiary/aromatic N) is 2. The molecule has 5 heteroatoms. The summed E-state index contributed by atoms with van der Waals surface area (Å²) >= 11 is 0. The third-order valence-electron chi connectivity index (χ3n) is 3.99. The van der Waals surface area contributed by atoms with Crippen LogP contribution in [0.1, 0.15) is 27.9 Å². The Bertz CT molecular complexity index is 830. The van der Waals surface area contributed by atoms with Gasteiger partial charge in [-0.1, -0.05) is 48.0 Å². The zero-order valence-electron chi connectivity index (χ0n) is 14.8. The van der Waals surface area contributed by atoms with Gasteiger partial charge in [-0.05, 0) is 37.5 Å². The molecule has 2 N–H and O–H groups in total. The molecule has 0 aliphatic carbocycles. The van der Waals surface area contributed by atoms with Crippen LogP contribution < -0.4 is 10.6 Å². The highest BCUT2D eigenvalue weighted by Gasteiger charge is 2.07. The molecule has 0 radical (unpaired) electrons. The summed E-state index contributed by atoms with van der Waals surface area (Å²) in [6, 6.07) is 18.0. The van der Waals surface area contributed by atoms with Crippen molar-refractivity contribution in [3.05, 3.63) is 83.7 Å². The van der Waals surface area contributed by atoms with Crippen molar-refractivity contribution in [1.82, 2.24) is 9.97 Å². The van der Waals surface area contributed by atoms with Gasteiger partial charge in [0.15, 0.2) is 0 Å². The molecule has 3 rings (SSSR count). The fourth-order valence-electron chi connectivity index (χ4n) is 2.51. The smallest absolute Gasteiger partial charge is 0.258 e. The minimum absolute atomic E-state index is 0.218. The number of nitrogens with one attached hydrogen (secondary N) is 2. The number of amides is 1. The monoisotopic (exact) mass is 346 g/mol. The normalized spacial score (nSPS) is 10.3. The molecule has 1 heterocycles. The van der Waals surface area contributed by atoms with Gasteiger partial charge < -0.3 is 10.6 Å². The van der Waals surface area contributed by atoms with Crippen molar-refractivity contribution in [2.24, 2.45) is 0 Å². The summed E-state index contributed by atoms with van der Waals surface area (Å²) in [4.78, 5) is 20.7. The fraction of sp³-hybridized carbons (Fsp3) is 0.190. The van der Waals surface area contributed by atoms with Crippen molar-refractivity contribution >= 4 is 17.5 Å². The molecule has 132 valence electrons. The van der Waals surface area contributed by atoms with Gasteiger partial charge in [0.05, 0.1) is 5.56 Å². The van der Waals surface area contributed by atoms with Gasteiger partial charge in [0.25, 0.3) is 5.91 Å². The van der Waals surface area contributed by atoms with Crippen molar-refractivity contribution in [1.29, 1.82) is 0 Å². The third-order valence-corrected chi connectivity index (χ3v) is 3.99. The Morgan fingerprint density at radius 3 is 2.35 bits per heavy atom. The van der Waals surface area contributed by atoms with Crippen LogP contribution in [0, 0.1) is 6.92 Å². The van der Waals surface area contributed by atoms with E-state index in [1.54, 1.807) is 0 Å². The number of aromatic nitrogens is 2. The molecule has 1 amide bonds. The lowest BCUT2D eigenvalue weighted by atomic mass is 10.1. The number of hydrogen-bond donors (Lipinski definition) is 2. The molecular formula is C21H22N4O. The number of hydrogen-bond acceptors (Lipinski definition) is 4. The van der Waals surface area contributed by atoms with Gasteiger partial charge in [0.2, 0.25) is 5.95 Å². The number of aryl methyl sites for hydroxylation is 2. The van der Waals surface area contributed by atoms with E-state index in [4.69, 9.17) is 0 Å². The second-order valence-corrected chi connectivity index (χ2v) is 6.13. The van der Waals surface area contributed by atoms with Gasteiger partial charge in [-0.3, -0.25) is 4.79 Å². The summed E-state index contributed by atoms with van der Waals surface area (Å²) in [7, 11) is 0. The standard InChI is InChI=1S/C21H22N4O/c1-16-9-11-19(12-10-16)25-20(26)18-14-23-21(24-15-18)22-13-5-8-17-6-3-2-4-7-17/h2-4,6-7,9-12,14-15H,5,8,13H2,1H3,(H,25,26)(H,22,23,24). The first-order valence-electron chi connectivity index (χ1n) is 8.68. The Hall–Kier alpha value is -3.21. The Morgan fingerprint density at radius 2 is 1.65 bits per heavy atom. The first-order valence-corrected chi connectivity index (χ1v) is 8.68. The van der Waals surface area contributed by atoms with E-state index >= 15 is 0 Å². The summed E-state index contributed by atoms with van der Waals surface area (Å²) in [6.45, 7) is 2.79. The second kappa shape index (κ2) is 8.76. The van der Waals surface area contributed by atoms with E-state index in [0.717, 1.165) is 30.6 Å². The molecule has 0 unspecified atom stereocenters. The highest BCUT2D eigenvalue weighted by molar-refractivity contribution is 6.03. The van der Waals surface area contributed by atoms with E-state index in [9.17, 15) is 4.79 Å². The molecule has 0 atom stereocenters. The number of rotatable bonds is 7. The maximum absolute atomic E-state index is 12.2. The van der Waals surface area contributed by atoms with Gasteiger partial charge in [0.1, 0.15) is 0 Å². The molecule has 0 aliphatic rings. The summed E-state index contributed by atoms with van der Waals surface area (Å²) in [6.07, 6.45) is 5.07. The first-order chi connectivity index (χ1) is 12.7. The van der Waals surface area contributed by atoms with Crippen molar-refractivity contribution < 1.29 is 4.79 Å². The van der Waals surface area contributed by atoms with Crippen LogP contribution in [0.4, 0.5) is 11.6 Å². The van der Waals surface area contributed by atoms with Crippen LogP contribution in [-0.2, 0) is 6.42 Å². The molecule has 1 aromatic heterocycles. The van der Waals surface area contributed by atoms with Gasteiger partial charge in [0, 0.05) is 24.6 Å². The average molecular weight is 346 g/mol. The van der Waals surface area contributed by atoms with Crippen molar-refractivity contribution in [2.75, 3.05) is 17.2 Å². The molecule has 0 saturated carbocycles. The van der Waals surface area contributed by atoms with E-state index in [2.05, 4.69) is 32.7 Å². The van der Waals surface area contributed by atoms with Crippen molar-refractivity contribution in [2.45, 2.75) is 19.8 Å². The van der Waals surface area contributed by atoms with Crippen LogP contribution in [0.25, 0.3) is 0 Å². The summed E-state index contributed by atoms with van der Waals surface area (Å²) in [5.41, 5.74) is 3.65. The molecule has 0 aliphatic heterocycles. The van der Waals surface area contributed by atoms with E-state index < -0.39 is 0 Å². The molecule has 3 aromatic rings. The van der Waals surface area contributed by atoms with E-state index in [1.807, 2.05) is 49.4 Å². The van der Waals surface area contributed by atoms with Crippen LogP contribution in [0.2, 0.25) is 0 Å². The predicted molar refractivity (Wildman–Crippen MR) is 104 cm³/mol. The fourth-order valence-corrected chi connectivity index (χ4v) is 2.51. The molecule has 5 nitrogen and oxygen atoms in total. The number of carbonyl (C=O) groups is 1. The number of anilines is 2. The number of carbonyl (C=O) groups excluding carboxylic acids is 1. The molecule has 2 aromatic carbocycles. The Balaban J connectivity index is 1.46. The Morgan fingerprint density at radius 1 is 0.962 bits per heavy atom. The lowest BCUT2D eigenvalue weighted by Gasteiger charge is -2.07. The topological polar surface area (TPSA) is 66.9 Å². The quantitative estimate of drug-likeness (QED) is 0.633. The highest BCUT2D eigenvalue weighted by Crippen LogP contribution is 2.11. The van der Waals surface area contributed by atoms with Gasteiger partial charge in [-0.25, -0.2) is 9.97 Å². The van der Waals surface area contributed by atoms with E-state index in [1.165, 1.54) is 18.0 Å². The van der Waals surface area contributed by atoms with Gasteiger partial charge in [-0.15, -0.1) is 0 Å². The molecule has 0 spiro atoms. The van der Waals surface area contributed by atoms with Crippen LogP contribution in [-0.4, -0.2) is 22.4 Å². The molecule has 26 heavy (non-hydrogen) atoms. The van der Waals surface area contributed by atoms with Gasteiger partial charge >= 0.3 is 0 Å². The lowest BCUT2D eigenvalue weighted by molar-refractivity contribution is 0.102. The molecule has 0 saturated heterocycles. The van der Waals surface area contributed by atoms with Crippen LogP contribution in [0.3, 0.4) is 0 Å². The van der Waals surface area contributed by atoms with Crippen molar-refractivity contribution in [3.63, 3.8) is 0 Å². The first kappa shape index (κ1) is 17.6. The van der Waals surface area contributed by atoms with Crippen LogP contribution in [0.15, 0.2) is 67.0 Å². The minimum Gasteiger partial charge on any atom is -0.354 e. The maximum Gasteiger partial charge on any atom is 0.258 e. The van der Waals surface area contributed by atoms with Crippen molar-refractivity contribution in [3.8, 4) is 0 Å². The second-order valence-electron chi connectivity index (χ2n) is 6.13. The Labute approximate surface area is 153 Å². The minimum atomic E-state index is -0.218. The largest absolute Gasteiger partial charge is 0.354 e. The SMILES string of the molecule is Cc1ccc(NC(=O)c2cnc(NCCCc3ccccc3)nc2)cc1. The summed E-state index contributed by atoms with van der Waals surface area (Å²) in [5.74, 6) is 0.314. The van der Waals surface area contributed by atoms with Crippen LogP contribution >= 0.6 is 0 Å². The highest BCUT2D eigenvalue weighted by atomic mass is 16.1. The summed E-state index contributed by atoms with van der Waals surface area (Å²) in [5, 5.41) is 6.02. The molecule has 0 bridgehead atoms. The molecule has 0 fully saturated rings. The third kappa shape index (κ3) is 5.14. The summed E-state index contributed by atoms with van der Waals surface area (Å²) < 4.78 is 0. The van der Waals surface area contributed by atoms with Crippen LogP contribution in [0.5, 0.6) is 0 Å². The lowest BCUT2D eigenvalue weighted by Crippen LogP contribution is -2.13. The predicted octanol–water partition coefficient (Wildman–Crippen LogP) is 4.08. The Kier molecular flexibility index (Phi) is 5.93.